The second-order valence-corrected chi connectivity index (χ2v) is 6.54. The molecule has 0 aliphatic rings. The molecule has 0 bridgehead atoms. The van der Waals surface area contributed by atoms with E-state index in [1.54, 1.807) is 6.92 Å². The van der Waals surface area contributed by atoms with Crippen molar-refractivity contribution in [3.05, 3.63) is 0 Å². The number of amides is 2. The molecule has 0 saturated carbocycles. The summed E-state index contributed by atoms with van der Waals surface area (Å²) < 4.78 is 1.30. The molecule has 0 saturated heterocycles. The van der Waals surface area contributed by atoms with Crippen molar-refractivity contribution in [3.63, 3.8) is 0 Å². The first-order valence-corrected chi connectivity index (χ1v) is 6.88. The molecule has 1 heterocycles. The number of hydrogen-bond donors (Lipinski definition) is 2. The monoisotopic (exact) mass is 278 g/mol. The minimum absolute atomic E-state index is 0.171. The van der Waals surface area contributed by atoms with E-state index >= 15 is 0 Å². The van der Waals surface area contributed by atoms with Crippen LogP contribution in [0.4, 0.5) is 0 Å². The smallest absolute Gasteiger partial charge is 0.230 e. The Balaban J connectivity index is 2.51. The maximum atomic E-state index is 10.8. The molecular formula is C7H10N4O2S3. The molecule has 88 valence electrons. The topological polar surface area (TPSA) is 112 Å². The van der Waals surface area contributed by atoms with Crippen molar-refractivity contribution >= 4 is 46.7 Å². The zero-order valence-electron chi connectivity index (χ0n) is 8.37. The van der Waals surface area contributed by atoms with E-state index < -0.39 is 11.8 Å². The third-order valence-corrected chi connectivity index (χ3v) is 4.69. The Kier molecular flexibility index (Phi) is 5.03. The van der Waals surface area contributed by atoms with Gasteiger partial charge in [-0.05, 0) is 6.92 Å². The second-order valence-electron chi connectivity index (χ2n) is 2.75. The Morgan fingerprint density at radius 2 is 2.00 bits per heavy atom. The van der Waals surface area contributed by atoms with E-state index in [1.165, 1.54) is 34.9 Å². The van der Waals surface area contributed by atoms with Gasteiger partial charge in [0.1, 0.15) is 0 Å². The Labute approximate surface area is 105 Å². The van der Waals surface area contributed by atoms with Gasteiger partial charge < -0.3 is 11.5 Å². The van der Waals surface area contributed by atoms with E-state index in [-0.39, 0.29) is 11.0 Å². The summed E-state index contributed by atoms with van der Waals surface area (Å²) in [6.45, 7) is 1.70. The van der Waals surface area contributed by atoms with Crippen LogP contribution in [0.1, 0.15) is 6.92 Å². The molecule has 6 nitrogen and oxygen atoms in total. The highest BCUT2D eigenvalue weighted by Crippen LogP contribution is 2.30. The lowest BCUT2D eigenvalue weighted by Gasteiger charge is -2.01. The molecule has 1 aromatic rings. The number of nitrogens with zero attached hydrogens (tertiary/aromatic N) is 2. The van der Waals surface area contributed by atoms with Crippen molar-refractivity contribution in [2.45, 2.75) is 20.9 Å². The highest BCUT2D eigenvalue weighted by atomic mass is 32.2. The highest BCUT2D eigenvalue weighted by molar-refractivity contribution is 8.04. The first-order valence-electron chi connectivity index (χ1n) is 4.19. The van der Waals surface area contributed by atoms with Crippen molar-refractivity contribution < 1.29 is 9.59 Å². The van der Waals surface area contributed by atoms with Gasteiger partial charge in [-0.25, -0.2) is 0 Å². The molecule has 0 fully saturated rings. The molecule has 1 aromatic heterocycles. The van der Waals surface area contributed by atoms with Crippen molar-refractivity contribution in [2.24, 2.45) is 11.5 Å². The number of thioether (sulfide) groups is 2. The third kappa shape index (κ3) is 4.37. The van der Waals surface area contributed by atoms with Crippen molar-refractivity contribution in [1.29, 1.82) is 0 Å². The maximum absolute atomic E-state index is 10.8. The highest BCUT2D eigenvalue weighted by Gasteiger charge is 2.14. The van der Waals surface area contributed by atoms with Crippen LogP contribution in [0, 0.1) is 0 Å². The Bertz CT molecular complexity index is 395. The van der Waals surface area contributed by atoms with E-state index in [0.29, 0.717) is 8.68 Å². The molecule has 1 atom stereocenters. The molecule has 16 heavy (non-hydrogen) atoms. The minimum atomic E-state index is -0.403. The Morgan fingerprint density at radius 3 is 2.56 bits per heavy atom. The largest absolute Gasteiger partial charge is 0.369 e. The van der Waals surface area contributed by atoms with Gasteiger partial charge in [-0.15, -0.1) is 10.2 Å². The first-order chi connectivity index (χ1) is 7.49. The lowest BCUT2D eigenvalue weighted by atomic mass is 10.5. The van der Waals surface area contributed by atoms with Crippen LogP contribution in [-0.4, -0.2) is 33.0 Å². The zero-order valence-corrected chi connectivity index (χ0v) is 10.8. The Hall–Kier alpha value is -0.800. The quantitative estimate of drug-likeness (QED) is 0.713. The van der Waals surface area contributed by atoms with Gasteiger partial charge in [0, 0.05) is 0 Å². The number of carbonyl (C=O) groups excluding carboxylic acids is 2. The summed E-state index contributed by atoms with van der Waals surface area (Å²) in [6, 6.07) is 0. The lowest BCUT2D eigenvalue weighted by molar-refractivity contribution is -0.117. The van der Waals surface area contributed by atoms with Gasteiger partial charge >= 0.3 is 0 Å². The van der Waals surface area contributed by atoms with Crippen molar-refractivity contribution in [1.82, 2.24) is 10.2 Å². The number of carbonyl (C=O) groups is 2. The van der Waals surface area contributed by atoms with Gasteiger partial charge in [-0.3, -0.25) is 9.59 Å². The minimum Gasteiger partial charge on any atom is -0.369 e. The number of hydrogen-bond acceptors (Lipinski definition) is 7. The van der Waals surface area contributed by atoms with Crippen LogP contribution in [-0.2, 0) is 9.59 Å². The zero-order chi connectivity index (χ0) is 12.1. The number of aromatic nitrogens is 2. The summed E-state index contributed by atoms with van der Waals surface area (Å²) in [7, 11) is 0. The van der Waals surface area contributed by atoms with Crippen LogP contribution in [0.2, 0.25) is 0 Å². The summed E-state index contributed by atoms with van der Waals surface area (Å²) in [5.74, 6) is -0.628. The van der Waals surface area contributed by atoms with Crippen LogP contribution in [0.25, 0.3) is 0 Å². The fraction of sp³-hybridized carbons (Fsp3) is 0.429. The molecule has 0 radical (unpaired) electrons. The van der Waals surface area contributed by atoms with E-state index in [4.69, 9.17) is 11.5 Å². The van der Waals surface area contributed by atoms with Gasteiger partial charge in [0.15, 0.2) is 8.68 Å². The fourth-order valence-electron chi connectivity index (χ4n) is 0.645. The van der Waals surface area contributed by atoms with E-state index in [0.717, 1.165) is 0 Å². The van der Waals surface area contributed by atoms with Crippen LogP contribution >= 0.6 is 34.9 Å². The molecule has 0 aliphatic heterocycles. The number of primary amides is 2. The van der Waals surface area contributed by atoms with Crippen LogP contribution in [0.3, 0.4) is 0 Å². The summed E-state index contributed by atoms with van der Waals surface area (Å²) in [5.41, 5.74) is 10.1. The summed E-state index contributed by atoms with van der Waals surface area (Å²) in [4.78, 5) is 21.4. The SMILES string of the molecule is C[C@@H](Sc1nnc(SCC(N)=O)s1)C(N)=O. The predicted molar refractivity (Wildman–Crippen MR) is 64.3 cm³/mol. The molecule has 2 amide bonds. The van der Waals surface area contributed by atoms with Crippen LogP contribution < -0.4 is 11.5 Å². The van der Waals surface area contributed by atoms with Crippen LogP contribution in [0.15, 0.2) is 8.68 Å². The molecular weight excluding hydrogens is 268 g/mol. The summed E-state index contributed by atoms with van der Waals surface area (Å²) in [6.07, 6.45) is 0. The normalized spacial score (nSPS) is 12.3. The fourth-order valence-corrected chi connectivity index (χ4v) is 3.50. The van der Waals surface area contributed by atoms with E-state index in [2.05, 4.69) is 10.2 Å². The molecule has 1 rings (SSSR count). The van der Waals surface area contributed by atoms with E-state index in [9.17, 15) is 9.59 Å². The van der Waals surface area contributed by atoms with Crippen molar-refractivity contribution in [2.75, 3.05) is 5.75 Å². The van der Waals surface area contributed by atoms with Gasteiger partial charge in [0.05, 0.1) is 11.0 Å². The van der Waals surface area contributed by atoms with Crippen LogP contribution in [0.5, 0.6) is 0 Å². The molecule has 4 N–H and O–H groups in total. The summed E-state index contributed by atoms with van der Waals surface area (Å²) in [5, 5.41) is 7.37. The van der Waals surface area contributed by atoms with Crippen molar-refractivity contribution in [3.8, 4) is 0 Å². The maximum Gasteiger partial charge on any atom is 0.230 e. The van der Waals surface area contributed by atoms with Gasteiger partial charge in [-0.1, -0.05) is 34.9 Å². The predicted octanol–water partition coefficient (Wildman–Crippen LogP) is 0.0814. The molecule has 0 aromatic carbocycles. The third-order valence-electron chi connectivity index (χ3n) is 1.40. The lowest BCUT2D eigenvalue weighted by Crippen LogP contribution is -2.22. The summed E-state index contributed by atoms with van der Waals surface area (Å²) >= 11 is 3.78. The van der Waals surface area contributed by atoms with Gasteiger partial charge in [0.2, 0.25) is 11.8 Å². The molecule has 0 spiro atoms. The average Bonchev–Trinajstić information content (AvgIpc) is 2.62. The second kappa shape index (κ2) is 6.06. The van der Waals surface area contributed by atoms with Gasteiger partial charge in [0.25, 0.3) is 0 Å². The van der Waals surface area contributed by atoms with Gasteiger partial charge in [-0.2, -0.15) is 0 Å². The standard InChI is InChI=1S/C7H10N4O2S3/c1-3(5(9)13)15-7-11-10-6(16-7)14-2-4(8)12/h3H,2H2,1H3,(H2,8,12)(H2,9,13)/t3-/m1/s1. The average molecular weight is 278 g/mol. The molecule has 0 unspecified atom stereocenters. The first kappa shape index (κ1) is 13.3. The Morgan fingerprint density at radius 1 is 1.38 bits per heavy atom. The van der Waals surface area contributed by atoms with E-state index in [1.807, 2.05) is 0 Å². The molecule has 9 heteroatoms. The molecule has 0 aliphatic carbocycles. The number of nitrogens with two attached hydrogens (primary N) is 2. The number of rotatable bonds is 6.